The Morgan fingerprint density at radius 2 is 2.11 bits per heavy atom. The van der Waals surface area contributed by atoms with Crippen molar-refractivity contribution in [2.24, 2.45) is 11.1 Å². The fraction of sp³-hybridized carbons (Fsp3) is 1.00. The van der Waals surface area contributed by atoms with Gasteiger partial charge in [-0.3, -0.25) is 0 Å². The van der Waals surface area contributed by atoms with Crippen molar-refractivity contribution in [2.45, 2.75) is 19.6 Å². The molecule has 4 nitrogen and oxygen atoms in total. The monoisotopic (exact) mass is 133 g/mol. The molecule has 0 heterocycles. The molecule has 0 aliphatic rings. The van der Waals surface area contributed by atoms with Crippen LogP contribution in [0.15, 0.2) is 5.18 Å². The molecule has 1 atom stereocenters. The lowest BCUT2D eigenvalue weighted by Crippen LogP contribution is -2.11. The van der Waals surface area contributed by atoms with E-state index in [4.69, 9.17) is 10.2 Å². The van der Waals surface area contributed by atoms with E-state index in [1.54, 1.807) is 6.92 Å². The second-order valence-corrected chi connectivity index (χ2v) is 2.13. The Hall–Kier alpha value is -0.480. The topological polar surface area (TPSA) is 69.9 Å². The van der Waals surface area contributed by atoms with Crippen LogP contribution in [0.1, 0.15) is 13.3 Å². The summed E-state index contributed by atoms with van der Waals surface area (Å²) in [6.07, 6.45) is -1.10. The number of rotatable bonds is 4. The van der Waals surface area contributed by atoms with Crippen molar-refractivity contribution in [2.75, 3.05) is 6.54 Å². The van der Waals surface area contributed by atoms with E-state index in [0.717, 1.165) is 0 Å². The summed E-state index contributed by atoms with van der Waals surface area (Å²) in [6.45, 7) is 1.89. The molecule has 0 amide bonds. The van der Waals surface area contributed by atoms with Crippen LogP contribution in [-0.2, 0) is 0 Å². The molecule has 9 heavy (non-hydrogen) atoms. The fourth-order valence-electron chi connectivity index (χ4n) is 0.562. The van der Waals surface area contributed by atoms with Gasteiger partial charge < -0.3 is 10.2 Å². The Labute approximate surface area is 53.5 Å². The predicted octanol–water partition coefficient (Wildman–Crippen LogP) is 0.0897. The van der Waals surface area contributed by atoms with Gasteiger partial charge in [0, 0.05) is 6.42 Å². The van der Waals surface area contributed by atoms with Gasteiger partial charge in [-0.25, -0.2) is 0 Å². The van der Waals surface area contributed by atoms with E-state index >= 15 is 0 Å². The van der Waals surface area contributed by atoms with E-state index in [1.807, 2.05) is 0 Å². The predicted molar refractivity (Wildman–Crippen MR) is 32.7 cm³/mol. The van der Waals surface area contributed by atoms with Crippen LogP contribution in [-0.4, -0.2) is 23.0 Å². The number of aliphatic hydroxyl groups excluding tert-OH is 1. The Morgan fingerprint density at radius 1 is 1.56 bits per heavy atom. The van der Waals surface area contributed by atoms with Crippen molar-refractivity contribution >= 4 is 0 Å². The van der Waals surface area contributed by atoms with Gasteiger partial charge in [-0.1, -0.05) is 12.1 Å². The van der Waals surface area contributed by atoms with Crippen LogP contribution >= 0.6 is 0 Å². The van der Waals surface area contributed by atoms with Gasteiger partial charge in [0.1, 0.15) is 0 Å². The van der Waals surface area contributed by atoms with Crippen molar-refractivity contribution < 1.29 is 10.2 Å². The number of nitrogens with zero attached hydrogens (tertiary/aromatic N) is 1. The lowest BCUT2D eigenvalue weighted by Gasteiger charge is -2.06. The molecule has 0 spiro atoms. The van der Waals surface area contributed by atoms with Crippen molar-refractivity contribution in [3.05, 3.63) is 4.91 Å². The highest BCUT2D eigenvalue weighted by atomic mass is 16.5. The van der Waals surface area contributed by atoms with Gasteiger partial charge in [-0.2, -0.15) is 4.91 Å². The third kappa shape index (κ3) is 5.39. The van der Waals surface area contributed by atoms with E-state index in [2.05, 4.69) is 5.18 Å². The van der Waals surface area contributed by atoms with Crippen LogP contribution < -0.4 is 0 Å². The third-order valence-electron chi connectivity index (χ3n) is 0.999. The summed E-state index contributed by atoms with van der Waals surface area (Å²) >= 11 is 0. The van der Waals surface area contributed by atoms with E-state index in [1.165, 1.54) is 0 Å². The molecule has 0 fully saturated rings. The highest BCUT2D eigenvalue weighted by Crippen LogP contribution is 2.03. The normalized spacial score (nSPS) is 13.8. The van der Waals surface area contributed by atoms with Gasteiger partial charge in [0.25, 0.3) is 0 Å². The molecule has 4 heteroatoms. The first-order valence-electron chi connectivity index (χ1n) is 2.82. The fourth-order valence-corrected chi connectivity index (χ4v) is 0.562. The maximum absolute atomic E-state index is 9.58. The zero-order valence-corrected chi connectivity index (χ0v) is 5.32. The Bertz CT molecular complexity index is 84.3. The molecule has 0 aliphatic carbocycles. The Morgan fingerprint density at radius 3 is 2.44 bits per heavy atom. The van der Waals surface area contributed by atoms with E-state index in [9.17, 15) is 4.91 Å². The van der Waals surface area contributed by atoms with E-state index in [0.29, 0.717) is 0 Å². The second-order valence-electron chi connectivity index (χ2n) is 2.13. The van der Waals surface area contributed by atoms with Crippen LogP contribution in [0.3, 0.4) is 0 Å². The summed E-state index contributed by atoms with van der Waals surface area (Å²) in [5.74, 6) is -0.0394. The van der Waals surface area contributed by atoms with E-state index < -0.39 is 6.29 Å². The zero-order chi connectivity index (χ0) is 7.28. The summed E-state index contributed by atoms with van der Waals surface area (Å²) in [5, 5.41) is 19.3. The van der Waals surface area contributed by atoms with Gasteiger partial charge >= 0.3 is 0 Å². The van der Waals surface area contributed by atoms with E-state index in [-0.39, 0.29) is 18.9 Å². The first-order chi connectivity index (χ1) is 4.16. The average Bonchev–Trinajstić information content (AvgIpc) is 1.63. The largest absolute Gasteiger partial charge is 0.368 e. The Balaban J connectivity index is 3.25. The molecule has 0 bridgehead atoms. The third-order valence-corrected chi connectivity index (χ3v) is 0.999. The van der Waals surface area contributed by atoms with Crippen LogP contribution in [0.5, 0.6) is 0 Å². The summed E-state index contributed by atoms with van der Waals surface area (Å²) in [6, 6.07) is 0. The van der Waals surface area contributed by atoms with Crippen LogP contribution in [0, 0.1) is 10.8 Å². The van der Waals surface area contributed by atoms with Crippen LogP contribution in [0.25, 0.3) is 0 Å². The minimum Gasteiger partial charge on any atom is -0.368 e. The van der Waals surface area contributed by atoms with Gasteiger partial charge in [0.05, 0.1) is 6.54 Å². The van der Waals surface area contributed by atoms with Crippen molar-refractivity contribution in [3.8, 4) is 0 Å². The molecule has 0 saturated carbocycles. The molecule has 0 aromatic carbocycles. The first kappa shape index (κ1) is 8.52. The minimum absolute atomic E-state index is 0.0394. The van der Waals surface area contributed by atoms with Gasteiger partial charge in [0.2, 0.25) is 0 Å². The number of hydrogen-bond acceptors (Lipinski definition) is 4. The highest BCUT2D eigenvalue weighted by Gasteiger charge is 2.05. The Kier molecular flexibility index (Phi) is 4.17. The number of nitroso groups, excluding NO2 is 1. The van der Waals surface area contributed by atoms with Crippen LogP contribution in [0.2, 0.25) is 0 Å². The summed E-state index contributed by atoms with van der Waals surface area (Å²) < 4.78 is 0. The summed E-state index contributed by atoms with van der Waals surface area (Å²) in [5.41, 5.74) is 0. The molecule has 0 rings (SSSR count). The van der Waals surface area contributed by atoms with Gasteiger partial charge in [0.15, 0.2) is 6.29 Å². The molecule has 0 aromatic heterocycles. The summed E-state index contributed by atoms with van der Waals surface area (Å²) in [4.78, 5) is 9.58. The highest BCUT2D eigenvalue weighted by molar-refractivity contribution is 4.55. The standard InChI is InChI=1S/C5H11NO3/c1-4(3-6-9)2-5(7)8/h4-5,7-8H,2-3H2,1H3. The van der Waals surface area contributed by atoms with Crippen molar-refractivity contribution in [1.29, 1.82) is 0 Å². The molecule has 2 N–H and O–H groups in total. The average molecular weight is 133 g/mol. The van der Waals surface area contributed by atoms with Crippen LogP contribution in [0.4, 0.5) is 0 Å². The second kappa shape index (κ2) is 4.40. The van der Waals surface area contributed by atoms with Gasteiger partial charge in [-0.15, -0.1) is 0 Å². The molecule has 0 aliphatic heterocycles. The smallest absolute Gasteiger partial charge is 0.151 e. The molecular weight excluding hydrogens is 122 g/mol. The van der Waals surface area contributed by atoms with Crippen molar-refractivity contribution in [1.82, 2.24) is 0 Å². The SMILES string of the molecule is CC(CN=O)CC(O)O. The number of aliphatic hydroxyl groups is 2. The molecule has 0 saturated heterocycles. The summed E-state index contributed by atoms with van der Waals surface area (Å²) in [7, 11) is 0. The zero-order valence-electron chi connectivity index (χ0n) is 5.32. The quantitative estimate of drug-likeness (QED) is 0.421. The minimum atomic E-state index is -1.32. The molecular formula is C5H11NO3. The molecule has 0 aromatic rings. The number of hydrogen-bond donors (Lipinski definition) is 2. The molecule has 0 radical (unpaired) electrons. The van der Waals surface area contributed by atoms with Crippen molar-refractivity contribution in [3.63, 3.8) is 0 Å². The molecule has 54 valence electrons. The molecule has 1 unspecified atom stereocenters. The van der Waals surface area contributed by atoms with Gasteiger partial charge in [-0.05, 0) is 5.92 Å². The lowest BCUT2D eigenvalue weighted by molar-refractivity contribution is -0.0537. The maximum Gasteiger partial charge on any atom is 0.151 e. The maximum atomic E-state index is 9.58. The first-order valence-corrected chi connectivity index (χ1v) is 2.82. The lowest BCUT2D eigenvalue weighted by atomic mass is 10.1.